The van der Waals surface area contributed by atoms with Crippen LogP contribution in [0.2, 0.25) is 10.0 Å². The Hall–Kier alpha value is -1.27. The summed E-state index contributed by atoms with van der Waals surface area (Å²) in [5.41, 5.74) is 0.670. The van der Waals surface area contributed by atoms with Crippen LogP contribution in [-0.4, -0.2) is 21.6 Å². The third-order valence-electron chi connectivity index (χ3n) is 2.79. The molecule has 0 unspecified atom stereocenters. The second kappa shape index (κ2) is 7.83. The van der Waals surface area contributed by atoms with E-state index in [9.17, 15) is 8.42 Å². The molecule has 0 heterocycles. The van der Waals surface area contributed by atoms with Crippen molar-refractivity contribution in [2.75, 3.05) is 13.2 Å². The highest BCUT2D eigenvalue weighted by molar-refractivity contribution is 7.88. The lowest BCUT2D eigenvalue weighted by molar-refractivity contribution is 0.323. The molecule has 0 saturated heterocycles. The number of benzene rings is 2. The zero-order valence-corrected chi connectivity index (χ0v) is 14.0. The molecule has 22 heavy (non-hydrogen) atoms. The highest BCUT2D eigenvalue weighted by Crippen LogP contribution is 2.22. The van der Waals surface area contributed by atoms with Crippen LogP contribution in [0.5, 0.6) is 5.75 Å². The lowest BCUT2D eigenvalue weighted by Gasteiger charge is -2.09. The Balaban J connectivity index is 1.80. The van der Waals surface area contributed by atoms with E-state index >= 15 is 0 Å². The number of hydrogen-bond donors (Lipinski definition) is 1. The molecule has 0 atom stereocenters. The molecule has 2 aromatic carbocycles. The van der Waals surface area contributed by atoms with Crippen molar-refractivity contribution < 1.29 is 13.2 Å². The van der Waals surface area contributed by atoms with Crippen LogP contribution < -0.4 is 9.46 Å². The van der Waals surface area contributed by atoms with Gasteiger partial charge in [-0.15, -0.1) is 0 Å². The Labute approximate surface area is 140 Å². The van der Waals surface area contributed by atoms with E-state index in [1.165, 1.54) is 0 Å². The first-order chi connectivity index (χ1) is 10.5. The number of halogens is 2. The maximum atomic E-state index is 11.9. The van der Waals surface area contributed by atoms with Gasteiger partial charge in [-0.3, -0.25) is 0 Å². The Morgan fingerprint density at radius 1 is 1.00 bits per heavy atom. The largest absolute Gasteiger partial charge is 0.491 e. The van der Waals surface area contributed by atoms with Crippen LogP contribution in [-0.2, 0) is 15.8 Å². The average molecular weight is 360 g/mol. The van der Waals surface area contributed by atoms with Gasteiger partial charge in [-0.2, -0.15) is 0 Å². The minimum Gasteiger partial charge on any atom is -0.491 e. The monoisotopic (exact) mass is 359 g/mol. The molecule has 118 valence electrons. The van der Waals surface area contributed by atoms with Gasteiger partial charge in [0.25, 0.3) is 0 Å². The van der Waals surface area contributed by atoms with E-state index in [-0.39, 0.29) is 18.9 Å². The Bertz CT molecular complexity index is 718. The molecule has 0 amide bonds. The number of sulfonamides is 1. The van der Waals surface area contributed by atoms with E-state index in [4.69, 9.17) is 27.9 Å². The van der Waals surface area contributed by atoms with Gasteiger partial charge in [0, 0.05) is 11.6 Å². The molecule has 0 aliphatic carbocycles. The van der Waals surface area contributed by atoms with Gasteiger partial charge in [-0.1, -0.05) is 47.5 Å². The van der Waals surface area contributed by atoms with Gasteiger partial charge < -0.3 is 4.74 Å². The summed E-state index contributed by atoms with van der Waals surface area (Å²) in [4.78, 5) is 0. The van der Waals surface area contributed by atoms with Crippen molar-refractivity contribution in [1.29, 1.82) is 0 Å². The van der Waals surface area contributed by atoms with Gasteiger partial charge >= 0.3 is 0 Å². The summed E-state index contributed by atoms with van der Waals surface area (Å²) in [7, 11) is -3.42. The summed E-state index contributed by atoms with van der Waals surface area (Å²) in [6, 6.07) is 13.7. The van der Waals surface area contributed by atoms with Gasteiger partial charge in [0.2, 0.25) is 10.0 Å². The van der Waals surface area contributed by atoms with Crippen molar-refractivity contribution in [3.63, 3.8) is 0 Å². The van der Waals surface area contributed by atoms with Crippen molar-refractivity contribution in [1.82, 2.24) is 4.72 Å². The van der Waals surface area contributed by atoms with Crippen molar-refractivity contribution in [3.05, 3.63) is 64.1 Å². The van der Waals surface area contributed by atoms with Gasteiger partial charge in [-0.05, 0) is 29.8 Å². The zero-order chi connectivity index (χ0) is 16.0. The standard InChI is InChI=1S/C15H15Cl2NO3S/c16-13-7-5-12(6-8-13)11-22(19,20)18-9-10-21-15-4-2-1-3-14(15)17/h1-8,18H,9-11H2. The number of ether oxygens (including phenoxy) is 1. The third kappa shape index (κ3) is 5.50. The zero-order valence-electron chi connectivity index (χ0n) is 11.6. The first-order valence-electron chi connectivity index (χ1n) is 6.55. The molecule has 0 spiro atoms. The van der Waals surface area contributed by atoms with Crippen LogP contribution in [0.1, 0.15) is 5.56 Å². The quantitative estimate of drug-likeness (QED) is 0.769. The molecule has 0 aliphatic rings. The van der Waals surface area contributed by atoms with Crippen LogP contribution in [0, 0.1) is 0 Å². The fourth-order valence-corrected chi connectivity index (χ4v) is 3.21. The van der Waals surface area contributed by atoms with Crippen LogP contribution in [0.3, 0.4) is 0 Å². The molecular formula is C15H15Cl2NO3S. The van der Waals surface area contributed by atoms with Crippen LogP contribution in [0.25, 0.3) is 0 Å². The number of nitrogens with one attached hydrogen (secondary N) is 1. The summed E-state index contributed by atoms with van der Waals surface area (Å²) < 4.78 is 31.8. The lowest BCUT2D eigenvalue weighted by Crippen LogP contribution is -2.29. The second-order valence-electron chi connectivity index (χ2n) is 4.56. The summed E-state index contributed by atoms with van der Waals surface area (Å²) in [5.74, 6) is 0.428. The summed E-state index contributed by atoms with van der Waals surface area (Å²) in [6.45, 7) is 0.366. The fraction of sp³-hybridized carbons (Fsp3) is 0.200. The SMILES string of the molecule is O=S(=O)(Cc1ccc(Cl)cc1)NCCOc1ccccc1Cl. The molecule has 0 saturated carbocycles. The fourth-order valence-electron chi connectivity index (χ4n) is 1.77. The van der Waals surface area contributed by atoms with E-state index in [2.05, 4.69) is 4.72 Å². The van der Waals surface area contributed by atoms with E-state index in [1.807, 2.05) is 0 Å². The molecule has 0 bridgehead atoms. The van der Waals surface area contributed by atoms with E-state index in [1.54, 1.807) is 48.5 Å². The molecule has 7 heteroatoms. The number of hydrogen-bond acceptors (Lipinski definition) is 3. The lowest BCUT2D eigenvalue weighted by atomic mass is 10.2. The van der Waals surface area contributed by atoms with Gasteiger partial charge in [0.1, 0.15) is 12.4 Å². The van der Waals surface area contributed by atoms with Gasteiger partial charge in [0.05, 0.1) is 10.8 Å². The normalized spacial score (nSPS) is 11.4. The topological polar surface area (TPSA) is 55.4 Å². The summed E-state index contributed by atoms with van der Waals surface area (Å²) in [5, 5.41) is 1.06. The molecule has 4 nitrogen and oxygen atoms in total. The molecule has 0 aliphatic heterocycles. The summed E-state index contributed by atoms with van der Waals surface area (Å²) in [6.07, 6.45) is 0. The first kappa shape index (κ1) is 17.1. The van der Waals surface area contributed by atoms with Crippen molar-refractivity contribution in [2.45, 2.75) is 5.75 Å². The molecule has 2 rings (SSSR count). The maximum Gasteiger partial charge on any atom is 0.215 e. The second-order valence-corrected chi connectivity index (χ2v) is 7.21. The summed E-state index contributed by atoms with van der Waals surface area (Å²) >= 11 is 11.7. The van der Waals surface area contributed by atoms with E-state index in [0.717, 1.165) is 0 Å². The number of para-hydroxylation sites is 1. The van der Waals surface area contributed by atoms with Crippen molar-refractivity contribution in [3.8, 4) is 5.75 Å². The molecule has 0 aromatic heterocycles. The third-order valence-corrected chi connectivity index (χ3v) is 4.71. The van der Waals surface area contributed by atoms with E-state index < -0.39 is 10.0 Å². The van der Waals surface area contributed by atoms with Crippen LogP contribution in [0.15, 0.2) is 48.5 Å². The Morgan fingerprint density at radius 3 is 2.36 bits per heavy atom. The highest BCUT2D eigenvalue weighted by Gasteiger charge is 2.11. The molecule has 0 radical (unpaired) electrons. The maximum absolute atomic E-state index is 11.9. The van der Waals surface area contributed by atoms with Crippen molar-refractivity contribution >= 4 is 33.2 Å². The van der Waals surface area contributed by atoms with Crippen LogP contribution >= 0.6 is 23.2 Å². The van der Waals surface area contributed by atoms with Crippen molar-refractivity contribution in [2.24, 2.45) is 0 Å². The number of rotatable bonds is 7. The average Bonchev–Trinajstić information content (AvgIpc) is 2.47. The minimum absolute atomic E-state index is 0.101. The van der Waals surface area contributed by atoms with E-state index in [0.29, 0.717) is 21.4 Å². The van der Waals surface area contributed by atoms with Gasteiger partial charge in [-0.25, -0.2) is 13.1 Å². The highest BCUT2D eigenvalue weighted by atomic mass is 35.5. The Kier molecular flexibility index (Phi) is 6.08. The molecule has 1 N–H and O–H groups in total. The predicted octanol–water partition coefficient (Wildman–Crippen LogP) is 3.49. The molecule has 0 fully saturated rings. The smallest absolute Gasteiger partial charge is 0.215 e. The van der Waals surface area contributed by atoms with Gasteiger partial charge in [0.15, 0.2) is 0 Å². The predicted molar refractivity (Wildman–Crippen MR) is 89.0 cm³/mol. The first-order valence-corrected chi connectivity index (χ1v) is 8.96. The van der Waals surface area contributed by atoms with Crippen LogP contribution in [0.4, 0.5) is 0 Å². The minimum atomic E-state index is -3.42. The molecular weight excluding hydrogens is 345 g/mol. The molecule has 2 aromatic rings. The Morgan fingerprint density at radius 2 is 1.68 bits per heavy atom.